The molecular weight excluding hydrogens is 238 g/mol. The molecule has 18 heavy (non-hydrogen) atoms. The Morgan fingerprint density at radius 3 is 2.83 bits per heavy atom. The van der Waals surface area contributed by atoms with Crippen LogP contribution in [0.15, 0.2) is 17.5 Å². The van der Waals surface area contributed by atoms with Crippen molar-refractivity contribution in [1.29, 1.82) is 0 Å². The molecule has 2 heteroatoms. The van der Waals surface area contributed by atoms with Gasteiger partial charge in [-0.05, 0) is 53.9 Å². The van der Waals surface area contributed by atoms with Gasteiger partial charge in [0.15, 0.2) is 0 Å². The molecule has 2 fully saturated rings. The van der Waals surface area contributed by atoms with Crippen LogP contribution in [0.3, 0.4) is 0 Å². The first-order valence-corrected chi connectivity index (χ1v) is 8.16. The zero-order chi connectivity index (χ0) is 12.8. The van der Waals surface area contributed by atoms with Gasteiger partial charge in [-0.3, -0.25) is 0 Å². The minimum Gasteiger partial charge on any atom is -0.313 e. The topological polar surface area (TPSA) is 12.0 Å². The Morgan fingerprint density at radius 2 is 2.22 bits per heavy atom. The van der Waals surface area contributed by atoms with Crippen LogP contribution in [0, 0.1) is 16.7 Å². The highest BCUT2D eigenvalue weighted by Crippen LogP contribution is 2.62. The van der Waals surface area contributed by atoms with Gasteiger partial charge >= 0.3 is 0 Å². The van der Waals surface area contributed by atoms with E-state index in [1.807, 2.05) is 11.3 Å². The van der Waals surface area contributed by atoms with E-state index in [1.165, 1.54) is 30.6 Å². The Balaban J connectivity index is 1.62. The van der Waals surface area contributed by atoms with Crippen LogP contribution in [-0.4, -0.2) is 12.6 Å². The van der Waals surface area contributed by atoms with E-state index < -0.39 is 0 Å². The van der Waals surface area contributed by atoms with E-state index in [0.717, 1.165) is 12.5 Å². The third-order valence-corrected chi connectivity index (χ3v) is 6.51. The average molecular weight is 263 g/mol. The highest BCUT2D eigenvalue weighted by molar-refractivity contribution is 7.09. The molecule has 1 nitrogen and oxygen atoms in total. The molecule has 0 aliphatic heterocycles. The SMILES string of the molecule is CC1(C)C(NCCc2cccs2)[C@]2(C)CC[C@H]1C2. The number of hydrogen-bond donors (Lipinski definition) is 1. The molecule has 0 aromatic carbocycles. The fourth-order valence-electron chi connectivity index (χ4n) is 4.61. The zero-order valence-corrected chi connectivity index (χ0v) is 12.6. The van der Waals surface area contributed by atoms with E-state index in [4.69, 9.17) is 0 Å². The van der Waals surface area contributed by atoms with Crippen LogP contribution in [0.1, 0.15) is 44.9 Å². The first-order chi connectivity index (χ1) is 8.52. The summed E-state index contributed by atoms with van der Waals surface area (Å²) in [5, 5.41) is 6.07. The largest absolute Gasteiger partial charge is 0.313 e. The predicted molar refractivity (Wildman–Crippen MR) is 79.0 cm³/mol. The molecule has 0 spiro atoms. The van der Waals surface area contributed by atoms with Crippen LogP contribution >= 0.6 is 11.3 Å². The van der Waals surface area contributed by atoms with Crippen molar-refractivity contribution in [2.45, 2.75) is 52.5 Å². The highest BCUT2D eigenvalue weighted by atomic mass is 32.1. The molecule has 3 rings (SSSR count). The standard InChI is InChI=1S/C16H25NS/c1-15(2)12-6-8-16(3,11-12)14(15)17-9-7-13-5-4-10-18-13/h4-5,10,12,14,17H,6-9,11H2,1-3H3/t12-,14?,16+/m0/s1. The second-order valence-electron chi connectivity index (χ2n) is 7.13. The molecule has 0 saturated heterocycles. The summed E-state index contributed by atoms with van der Waals surface area (Å²) in [6, 6.07) is 5.12. The number of fused-ring (bicyclic) bond motifs is 2. The Hall–Kier alpha value is -0.340. The van der Waals surface area contributed by atoms with Gasteiger partial charge in [0.2, 0.25) is 0 Å². The Bertz CT molecular complexity index is 404. The predicted octanol–water partition coefficient (Wildman–Crippen LogP) is 4.10. The molecule has 2 bridgehead atoms. The molecule has 1 aromatic rings. The van der Waals surface area contributed by atoms with Gasteiger partial charge in [0.05, 0.1) is 0 Å². The van der Waals surface area contributed by atoms with Gasteiger partial charge < -0.3 is 5.32 Å². The second-order valence-corrected chi connectivity index (χ2v) is 8.16. The minimum absolute atomic E-state index is 0.489. The fraction of sp³-hybridized carbons (Fsp3) is 0.750. The van der Waals surface area contributed by atoms with Crippen LogP contribution in [-0.2, 0) is 6.42 Å². The average Bonchev–Trinajstić information content (AvgIpc) is 2.96. The van der Waals surface area contributed by atoms with Gasteiger partial charge in [-0.2, -0.15) is 0 Å². The summed E-state index contributed by atoms with van der Waals surface area (Å²) < 4.78 is 0. The minimum atomic E-state index is 0.489. The summed E-state index contributed by atoms with van der Waals surface area (Å²) in [7, 11) is 0. The Labute approximate surface area is 115 Å². The first-order valence-electron chi connectivity index (χ1n) is 7.28. The smallest absolute Gasteiger partial charge is 0.0175 e. The third-order valence-electron chi connectivity index (χ3n) is 5.57. The summed E-state index contributed by atoms with van der Waals surface area (Å²) in [5.41, 5.74) is 1.05. The van der Waals surface area contributed by atoms with Gasteiger partial charge in [-0.25, -0.2) is 0 Å². The van der Waals surface area contributed by atoms with Gasteiger partial charge in [0, 0.05) is 17.5 Å². The van der Waals surface area contributed by atoms with Crippen molar-refractivity contribution in [3.63, 3.8) is 0 Å². The van der Waals surface area contributed by atoms with Crippen molar-refractivity contribution in [3.8, 4) is 0 Å². The van der Waals surface area contributed by atoms with E-state index in [9.17, 15) is 0 Å². The van der Waals surface area contributed by atoms with E-state index in [1.54, 1.807) is 0 Å². The van der Waals surface area contributed by atoms with Crippen molar-refractivity contribution in [2.24, 2.45) is 16.7 Å². The number of nitrogens with one attached hydrogen (secondary N) is 1. The van der Waals surface area contributed by atoms with Gasteiger partial charge in [-0.15, -0.1) is 11.3 Å². The molecule has 2 saturated carbocycles. The molecule has 1 unspecified atom stereocenters. The van der Waals surface area contributed by atoms with Crippen molar-refractivity contribution < 1.29 is 0 Å². The van der Waals surface area contributed by atoms with E-state index in [0.29, 0.717) is 16.9 Å². The molecule has 0 radical (unpaired) electrons. The maximum Gasteiger partial charge on any atom is 0.0175 e. The van der Waals surface area contributed by atoms with Crippen molar-refractivity contribution in [3.05, 3.63) is 22.4 Å². The number of thiophene rings is 1. The van der Waals surface area contributed by atoms with Crippen LogP contribution < -0.4 is 5.32 Å². The van der Waals surface area contributed by atoms with Crippen LogP contribution in [0.4, 0.5) is 0 Å². The Kier molecular flexibility index (Phi) is 3.06. The quantitative estimate of drug-likeness (QED) is 0.862. The maximum atomic E-state index is 3.89. The molecule has 1 N–H and O–H groups in total. The van der Waals surface area contributed by atoms with E-state index >= 15 is 0 Å². The van der Waals surface area contributed by atoms with Crippen LogP contribution in [0.2, 0.25) is 0 Å². The molecule has 0 amide bonds. The maximum absolute atomic E-state index is 3.89. The summed E-state index contributed by atoms with van der Waals surface area (Å²) in [6.45, 7) is 8.59. The fourth-order valence-corrected chi connectivity index (χ4v) is 5.31. The molecule has 2 aliphatic carbocycles. The summed E-state index contributed by atoms with van der Waals surface area (Å²) in [4.78, 5) is 1.51. The molecule has 1 aromatic heterocycles. The molecule has 100 valence electrons. The highest BCUT2D eigenvalue weighted by Gasteiger charge is 2.58. The molecule has 1 heterocycles. The van der Waals surface area contributed by atoms with Crippen LogP contribution in [0.5, 0.6) is 0 Å². The monoisotopic (exact) mass is 263 g/mol. The third kappa shape index (κ3) is 1.94. The van der Waals surface area contributed by atoms with Crippen molar-refractivity contribution in [1.82, 2.24) is 5.32 Å². The first kappa shape index (κ1) is 12.7. The van der Waals surface area contributed by atoms with E-state index in [-0.39, 0.29) is 0 Å². The molecule has 2 aliphatic rings. The number of hydrogen-bond acceptors (Lipinski definition) is 2. The van der Waals surface area contributed by atoms with Gasteiger partial charge in [0.25, 0.3) is 0 Å². The number of rotatable bonds is 4. The molecule has 3 atom stereocenters. The van der Waals surface area contributed by atoms with Crippen LogP contribution in [0.25, 0.3) is 0 Å². The Morgan fingerprint density at radius 1 is 1.39 bits per heavy atom. The normalized spacial score (nSPS) is 37.3. The lowest BCUT2D eigenvalue weighted by Crippen LogP contribution is -2.50. The summed E-state index contributed by atoms with van der Waals surface area (Å²) in [5.74, 6) is 0.946. The zero-order valence-electron chi connectivity index (χ0n) is 11.8. The van der Waals surface area contributed by atoms with Gasteiger partial charge in [0.1, 0.15) is 0 Å². The van der Waals surface area contributed by atoms with E-state index in [2.05, 4.69) is 43.6 Å². The lowest BCUT2D eigenvalue weighted by Gasteiger charge is -2.43. The lowest BCUT2D eigenvalue weighted by atomic mass is 9.68. The van der Waals surface area contributed by atoms with Crippen molar-refractivity contribution >= 4 is 11.3 Å². The second kappa shape index (κ2) is 4.35. The van der Waals surface area contributed by atoms with Crippen molar-refractivity contribution in [2.75, 3.05) is 6.54 Å². The lowest BCUT2D eigenvalue weighted by molar-refractivity contribution is 0.110. The summed E-state index contributed by atoms with van der Waals surface area (Å²) in [6.07, 6.45) is 5.51. The summed E-state index contributed by atoms with van der Waals surface area (Å²) >= 11 is 1.88. The molecular formula is C16H25NS. The van der Waals surface area contributed by atoms with Gasteiger partial charge in [-0.1, -0.05) is 26.8 Å².